The monoisotopic (exact) mass is 427 g/mol. The van der Waals surface area contributed by atoms with Crippen LogP contribution in [-0.2, 0) is 9.59 Å². The van der Waals surface area contributed by atoms with E-state index in [0.717, 1.165) is 50.3 Å². The Morgan fingerprint density at radius 2 is 1.53 bits per heavy atom. The van der Waals surface area contributed by atoms with E-state index in [4.69, 9.17) is 11.6 Å². The third-order valence-electron chi connectivity index (χ3n) is 5.75. The van der Waals surface area contributed by atoms with Gasteiger partial charge in [-0.2, -0.15) is 0 Å². The van der Waals surface area contributed by atoms with Crippen molar-refractivity contribution in [2.75, 3.05) is 36.4 Å². The average Bonchev–Trinajstić information content (AvgIpc) is 2.80. The van der Waals surface area contributed by atoms with E-state index in [1.807, 2.05) is 59.5 Å². The molecule has 1 aliphatic heterocycles. The number of anilines is 2. The third-order valence-corrected chi connectivity index (χ3v) is 6.20. The number of nitrogens with zero attached hydrogens (tertiary/aromatic N) is 2. The molecule has 6 heteroatoms. The molecular formula is C24H30ClN3O2. The summed E-state index contributed by atoms with van der Waals surface area (Å²) in [5.74, 6) is 0.178. The topological polar surface area (TPSA) is 52.7 Å². The minimum absolute atomic E-state index is 0.140. The molecule has 30 heavy (non-hydrogen) atoms. The van der Waals surface area contributed by atoms with Crippen molar-refractivity contribution in [3.05, 3.63) is 60.2 Å². The Hall–Kier alpha value is -2.53. The largest absolute Gasteiger partial charge is 0.368 e. The normalized spacial score (nSPS) is 15.2. The number of hydrogen-bond acceptors (Lipinski definition) is 3. The molecule has 1 atom stereocenters. The van der Waals surface area contributed by atoms with Gasteiger partial charge in [-0.15, -0.1) is 11.6 Å². The summed E-state index contributed by atoms with van der Waals surface area (Å²) < 4.78 is 0. The number of amides is 2. The van der Waals surface area contributed by atoms with Gasteiger partial charge in [-0.3, -0.25) is 9.59 Å². The number of hydrogen-bond donors (Lipinski definition) is 1. The Balaban J connectivity index is 1.54. The maximum atomic E-state index is 12.6. The van der Waals surface area contributed by atoms with Gasteiger partial charge in [0.1, 0.15) is 5.38 Å². The maximum absolute atomic E-state index is 12.6. The number of halogens is 1. The molecule has 1 fully saturated rings. The Morgan fingerprint density at radius 1 is 0.933 bits per heavy atom. The van der Waals surface area contributed by atoms with E-state index in [1.54, 1.807) is 0 Å². The standard InChI is InChI=1S/C24H30ClN3O2/c1-3-18(4-2)24(30)28-16-14-27(15-17-28)21-12-10-20(11-13-21)26-23(29)22(25)19-8-6-5-7-9-19/h5-13,18,22H,3-4,14-17H2,1-2H3,(H,26,29). The van der Waals surface area contributed by atoms with Gasteiger partial charge in [-0.25, -0.2) is 0 Å². The van der Waals surface area contributed by atoms with E-state index in [9.17, 15) is 9.59 Å². The second-order valence-corrected chi connectivity index (χ2v) is 8.07. The maximum Gasteiger partial charge on any atom is 0.246 e. The Morgan fingerprint density at radius 3 is 2.10 bits per heavy atom. The van der Waals surface area contributed by atoms with Gasteiger partial charge in [-0.1, -0.05) is 44.2 Å². The van der Waals surface area contributed by atoms with Gasteiger partial charge in [0.2, 0.25) is 11.8 Å². The van der Waals surface area contributed by atoms with Gasteiger partial charge in [0, 0.05) is 43.5 Å². The summed E-state index contributed by atoms with van der Waals surface area (Å²) >= 11 is 6.29. The third kappa shape index (κ3) is 5.33. The molecule has 0 aromatic heterocycles. The summed E-state index contributed by atoms with van der Waals surface area (Å²) in [5, 5.41) is 2.15. The fraction of sp³-hybridized carbons (Fsp3) is 0.417. The first-order valence-electron chi connectivity index (χ1n) is 10.7. The summed E-state index contributed by atoms with van der Waals surface area (Å²) in [6.45, 7) is 7.28. The van der Waals surface area contributed by atoms with Crippen molar-refractivity contribution in [1.29, 1.82) is 0 Å². The molecule has 0 radical (unpaired) electrons. The first kappa shape index (κ1) is 22.2. The van der Waals surface area contributed by atoms with Crippen LogP contribution in [0, 0.1) is 5.92 Å². The van der Waals surface area contributed by atoms with Crippen molar-refractivity contribution >= 4 is 34.8 Å². The molecule has 0 bridgehead atoms. The quantitative estimate of drug-likeness (QED) is 0.652. The molecule has 0 spiro atoms. The lowest BCUT2D eigenvalue weighted by Gasteiger charge is -2.37. The lowest BCUT2D eigenvalue weighted by atomic mass is 10.0. The summed E-state index contributed by atoms with van der Waals surface area (Å²) in [6.07, 6.45) is 1.80. The smallest absolute Gasteiger partial charge is 0.246 e. The molecule has 2 aromatic rings. The lowest BCUT2D eigenvalue weighted by molar-refractivity contribution is -0.136. The zero-order valence-corrected chi connectivity index (χ0v) is 18.4. The molecule has 160 valence electrons. The van der Waals surface area contributed by atoms with E-state index >= 15 is 0 Å². The fourth-order valence-corrected chi connectivity index (χ4v) is 4.02. The van der Waals surface area contributed by atoms with Crippen LogP contribution in [0.4, 0.5) is 11.4 Å². The number of benzene rings is 2. The van der Waals surface area contributed by atoms with Crippen molar-refractivity contribution in [3.63, 3.8) is 0 Å². The summed E-state index contributed by atoms with van der Waals surface area (Å²) in [4.78, 5) is 29.2. The zero-order valence-electron chi connectivity index (χ0n) is 17.7. The van der Waals surface area contributed by atoms with Crippen LogP contribution in [0.25, 0.3) is 0 Å². The SMILES string of the molecule is CCC(CC)C(=O)N1CCN(c2ccc(NC(=O)C(Cl)c3ccccc3)cc2)CC1. The van der Waals surface area contributed by atoms with Crippen LogP contribution in [0.1, 0.15) is 37.6 Å². The first-order valence-corrected chi connectivity index (χ1v) is 11.1. The Kier molecular flexibility index (Phi) is 7.75. The van der Waals surface area contributed by atoms with Crippen LogP contribution >= 0.6 is 11.6 Å². The second-order valence-electron chi connectivity index (χ2n) is 7.64. The van der Waals surface area contributed by atoms with Crippen LogP contribution in [0.15, 0.2) is 54.6 Å². The molecule has 2 amide bonds. The molecule has 3 rings (SSSR count). The van der Waals surface area contributed by atoms with Crippen molar-refractivity contribution in [2.45, 2.75) is 32.1 Å². The van der Waals surface area contributed by atoms with E-state index in [-0.39, 0.29) is 17.7 Å². The molecule has 1 saturated heterocycles. The molecule has 2 aromatic carbocycles. The molecule has 0 aliphatic carbocycles. The molecule has 5 nitrogen and oxygen atoms in total. The van der Waals surface area contributed by atoms with E-state index in [0.29, 0.717) is 5.69 Å². The second kappa shape index (κ2) is 10.5. The van der Waals surface area contributed by atoms with E-state index in [1.165, 1.54) is 0 Å². The fourth-order valence-electron chi connectivity index (χ4n) is 3.82. The molecular weight excluding hydrogens is 398 g/mol. The van der Waals surface area contributed by atoms with Crippen LogP contribution < -0.4 is 10.2 Å². The van der Waals surface area contributed by atoms with Gasteiger partial charge in [0.15, 0.2) is 0 Å². The van der Waals surface area contributed by atoms with Crippen LogP contribution in [-0.4, -0.2) is 42.9 Å². The number of nitrogens with one attached hydrogen (secondary N) is 1. The first-order chi connectivity index (χ1) is 14.5. The molecule has 1 unspecified atom stereocenters. The highest BCUT2D eigenvalue weighted by Crippen LogP contribution is 2.24. The predicted molar refractivity (Wildman–Crippen MR) is 123 cm³/mol. The number of carbonyl (C=O) groups excluding carboxylic acids is 2. The van der Waals surface area contributed by atoms with E-state index in [2.05, 4.69) is 24.1 Å². The summed E-state index contributed by atoms with van der Waals surface area (Å²) in [7, 11) is 0. The van der Waals surface area contributed by atoms with Crippen molar-refractivity contribution in [2.24, 2.45) is 5.92 Å². The van der Waals surface area contributed by atoms with Crippen LogP contribution in [0.3, 0.4) is 0 Å². The van der Waals surface area contributed by atoms with Gasteiger partial charge in [0.05, 0.1) is 0 Å². The summed E-state index contributed by atoms with van der Waals surface area (Å²) in [5.41, 5.74) is 2.58. The highest BCUT2D eigenvalue weighted by atomic mass is 35.5. The van der Waals surface area contributed by atoms with Gasteiger partial charge >= 0.3 is 0 Å². The van der Waals surface area contributed by atoms with Gasteiger partial charge in [-0.05, 0) is 42.7 Å². The van der Waals surface area contributed by atoms with Crippen molar-refractivity contribution in [3.8, 4) is 0 Å². The lowest BCUT2D eigenvalue weighted by Crippen LogP contribution is -2.50. The molecule has 0 saturated carbocycles. The molecule has 1 N–H and O–H groups in total. The average molecular weight is 428 g/mol. The number of piperazine rings is 1. The highest BCUT2D eigenvalue weighted by Gasteiger charge is 2.25. The minimum atomic E-state index is -0.730. The van der Waals surface area contributed by atoms with Gasteiger partial charge < -0.3 is 15.1 Å². The van der Waals surface area contributed by atoms with Crippen molar-refractivity contribution in [1.82, 2.24) is 4.90 Å². The molecule has 1 aliphatic rings. The number of carbonyl (C=O) groups is 2. The van der Waals surface area contributed by atoms with Crippen LogP contribution in [0.2, 0.25) is 0 Å². The molecule has 1 heterocycles. The van der Waals surface area contributed by atoms with Crippen LogP contribution in [0.5, 0.6) is 0 Å². The van der Waals surface area contributed by atoms with E-state index < -0.39 is 5.38 Å². The number of alkyl halides is 1. The number of rotatable bonds is 7. The zero-order chi connectivity index (χ0) is 21.5. The summed E-state index contributed by atoms with van der Waals surface area (Å²) in [6, 6.07) is 17.1. The van der Waals surface area contributed by atoms with Crippen molar-refractivity contribution < 1.29 is 9.59 Å². The Bertz CT molecular complexity index is 829. The van der Waals surface area contributed by atoms with Gasteiger partial charge in [0.25, 0.3) is 0 Å². The predicted octanol–water partition coefficient (Wildman–Crippen LogP) is 4.69. The Labute approximate surface area is 184 Å². The minimum Gasteiger partial charge on any atom is -0.368 e. The highest BCUT2D eigenvalue weighted by molar-refractivity contribution is 6.32.